The van der Waals surface area contributed by atoms with E-state index in [1.165, 1.54) is 23.1 Å². The van der Waals surface area contributed by atoms with Crippen LogP contribution < -0.4 is 15.5 Å². The molecule has 1 saturated heterocycles. The van der Waals surface area contributed by atoms with E-state index in [2.05, 4.69) is 20.0 Å². The van der Waals surface area contributed by atoms with Crippen molar-refractivity contribution >= 4 is 50.1 Å². The summed E-state index contributed by atoms with van der Waals surface area (Å²) in [7, 11) is 0. The summed E-state index contributed by atoms with van der Waals surface area (Å²) in [6.07, 6.45) is 2.89. The smallest absolute Gasteiger partial charge is 0.309 e. The fourth-order valence-corrected chi connectivity index (χ4v) is 6.11. The molecule has 0 radical (unpaired) electrons. The Morgan fingerprint density at radius 3 is 2.63 bits per heavy atom. The Kier molecular flexibility index (Phi) is 6.29. The van der Waals surface area contributed by atoms with Gasteiger partial charge in [-0.05, 0) is 23.3 Å². The van der Waals surface area contributed by atoms with Crippen LogP contribution >= 0.6 is 11.3 Å². The molecule has 0 amide bonds. The first-order valence-corrected chi connectivity index (χ1v) is 14.1. The van der Waals surface area contributed by atoms with Crippen LogP contribution in [0.1, 0.15) is 0 Å². The van der Waals surface area contributed by atoms with E-state index in [9.17, 15) is 18.1 Å². The highest BCUT2D eigenvalue weighted by atomic mass is 32.2. The van der Waals surface area contributed by atoms with Crippen molar-refractivity contribution in [2.45, 2.75) is 11.4 Å². The number of hydrogen-bond acceptors (Lipinski definition) is 10. The maximum absolute atomic E-state index is 14.5. The minimum absolute atomic E-state index is 0.0163. The molecule has 5 aromatic rings. The Labute approximate surface area is 221 Å². The van der Waals surface area contributed by atoms with E-state index in [1.54, 1.807) is 16.7 Å². The van der Waals surface area contributed by atoms with Gasteiger partial charge in [0.1, 0.15) is 16.8 Å². The van der Waals surface area contributed by atoms with E-state index in [4.69, 9.17) is 10.2 Å². The van der Waals surface area contributed by atoms with E-state index in [0.717, 1.165) is 17.4 Å². The molecule has 0 bridgehead atoms. The molecule has 1 aliphatic rings. The number of anilines is 2. The largest absolute Gasteiger partial charge is 0.612 e. The first kappa shape index (κ1) is 24.8. The number of furan rings is 1. The first-order chi connectivity index (χ1) is 18.3. The van der Waals surface area contributed by atoms with Gasteiger partial charge in [-0.3, -0.25) is 14.3 Å². The van der Waals surface area contributed by atoms with Crippen LogP contribution in [0.3, 0.4) is 0 Å². The van der Waals surface area contributed by atoms with Gasteiger partial charge in [0.05, 0.1) is 12.0 Å². The van der Waals surface area contributed by atoms with Crippen molar-refractivity contribution in [3.8, 4) is 11.6 Å². The molecule has 198 valence electrons. The van der Waals surface area contributed by atoms with Gasteiger partial charge >= 0.3 is 4.87 Å². The lowest BCUT2D eigenvalue weighted by Crippen LogP contribution is -2.47. The van der Waals surface area contributed by atoms with Crippen LogP contribution in [0, 0.1) is 11.6 Å². The second kappa shape index (κ2) is 9.65. The minimum atomic E-state index is -1.56. The third kappa shape index (κ3) is 4.30. The van der Waals surface area contributed by atoms with Crippen molar-refractivity contribution in [1.29, 1.82) is 0 Å². The number of piperazine rings is 1. The Morgan fingerprint density at radius 2 is 1.92 bits per heavy atom. The zero-order chi connectivity index (χ0) is 26.6. The summed E-state index contributed by atoms with van der Waals surface area (Å²) in [6.45, 7) is 3.15. The van der Waals surface area contributed by atoms with Crippen LogP contribution in [0.2, 0.25) is 0 Å². The highest BCUT2D eigenvalue weighted by molar-refractivity contribution is 7.90. The quantitative estimate of drug-likeness (QED) is 0.310. The fraction of sp³-hybridized carbons (Fsp3) is 0.304. The van der Waals surface area contributed by atoms with Crippen LogP contribution in [0.5, 0.6) is 0 Å². The number of thiazole rings is 1. The summed E-state index contributed by atoms with van der Waals surface area (Å²) in [5.41, 5.74) is 7.26. The number of benzene rings is 1. The number of nitrogens with zero attached hydrogens (tertiary/aromatic N) is 7. The third-order valence-electron chi connectivity index (χ3n) is 6.52. The number of hydrogen-bond donors (Lipinski definition) is 1. The van der Waals surface area contributed by atoms with Crippen LogP contribution in [-0.4, -0.2) is 72.6 Å². The molecule has 1 fully saturated rings. The van der Waals surface area contributed by atoms with Crippen LogP contribution in [0.25, 0.3) is 27.6 Å². The lowest BCUT2D eigenvalue weighted by molar-refractivity contribution is 0.248. The number of halogens is 2. The molecule has 38 heavy (non-hydrogen) atoms. The number of nitrogen functional groups attached to an aromatic ring is 1. The predicted octanol–water partition coefficient (Wildman–Crippen LogP) is 2.18. The third-order valence-corrected chi connectivity index (χ3v) is 8.42. The highest BCUT2D eigenvalue weighted by Crippen LogP contribution is 2.28. The highest BCUT2D eigenvalue weighted by Gasteiger charge is 2.25. The van der Waals surface area contributed by atoms with Crippen LogP contribution in [-0.2, 0) is 17.7 Å². The van der Waals surface area contributed by atoms with Crippen molar-refractivity contribution in [1.82, 2.24) is 29.0 Å². The Morgan fingerprint density at radius 1 is 1.13 bits per heavy atom. The van der Waals surface area contributed by atoms with Gasteiger partial charge in [-0.15, -0.1) is 5.10 Å². The van der Waals surface area contributed by atoms with Gasteiger partial charge in [-0.2, -0.15) is 9.50 Å². The Bertz CT molecular complexity index is 1690. The summed E-state index contributed by atoms with van der Waals surface area (Å²) in [4.78, 5) is 25.6. The number of rotatable bonds is 6. The van der Waals surface area contributed by atoms with Gasteiger partial charge < -0.3 is 19.6 Å². The normalized spacial score (nSPS) is 15.6. The molecular formula is C23H22F2N8O3S2. The van der Waals surface area contributed by atoms with Crippen LogP contribution in [0.15, 0.2) is 44.6 Å². The molecule has 0 spiro atoms. The van der Waals surface area contributed by atoms with Crippen molar-refractivity contribution in [3.63, 3.8) is 0 Å². The maximum atomic E-state index is 14.5. The van der Waals surface area contributed by atoms with E-state index in [1.807, 2.05) is 4.90 Å². The van der Waals surface area contributed by atoms with E-state index < -0.39 is 22.8 Å². The molecule has 1 unspecified atom stereocenters. The molecular weight excluding hydrogens is 538 g/mol. The molecule has 1 atom stereocenters. The SMILES string of the molecule is C[S+]([O-])c1cc(N2CCN(CCn3c(=O)sc4c3nc(N)n3nc(-c5ccco5)nc43)CC2)c(F)cc1F. The number of aromatic nitrogens is 5. The van der Waals surface area contributed by atoms with Crippen molar-refractivity contribution in [2.24, 2.45) is 0 Å². The average Bonchev–Trinajstić information content (AvgIpc) is 3.62. The number of nitrogens with two attached hydrogens (primary N) is 1. The zero-order valence-corrected chi connectivity index (χ0v) is 21.8. The van der Waals surface area contributed by atoms with E-state index in [-0.39, 0.29) is 21.4 Å². The van der Waals surface area contributed by atoms with Crippen molar-refractivity contribution in [3.05, 3.63) is 51.8 Å². The molecule has 1 aromatic carbocycles. The van der Waals surface area contributed by atoms with Crippen molar-refractivity contribution in [2.75, 3.05) is 49.6 Å². The van der Waals surface area contributed by atoms with Gasteiger partial charge in [-0.1, -0.05) is 11.3 Å². The lowest BCUT2D eigenvalue weighted by Gasteiger charge is -2.36. The summed E-state index contributed by atoms with van der Waals surface area (Å²) in [6, 6.07) is 5.58. The zero-order valence-electron chi connectivity index (χ0n) is 20.1. The molecule has 11 nitrogen and oxygen atoms in total. The topological polar surface area (TPSA) is 134 Å². The fourth-order valence-electron chi connectivity index (χ4n) is 4.57. The van der Waals surface area contributed by atoms with E-state index >= 15 is 0 Å². The molecule has 4 aromatic heterocycles. The minimum Gasteiger partial charge on any atom is -0.612 e. The monoisotopic (exact) mass is 560 g/mol. The molecule has 15 heteroatoms. The van der Waals surface area contributed by atoms with Gasteiger partial charge in [0.15, 0.2) is 27.8 Å². The first-order valence-electron chi connectivity index (χ1n) is 11.7. The summed E-state index contributed by atoms with van der Waals surface area (Å²) < 4.78 is 49.1. The molecule has 0 saturated carbocycles. The second-order valence-corrected chi connectivity index (χ2v) is 11.1. The maximum Gasteiger partial charge on any atom is 0.309 e. The van der Waals surface area contributed by atoms with Gasteiger partial charge in [0.2, 0.25) is 11.8 Å². The second-order valence-electron chi connectivity index (χ2n) is 8.81. The predicted molar refractivity (Wildman–Crippen MR) is 140 cm³/mol. The average molecular weight is 561 g/mol. The van der Waals surface area contributed by atoms with Crippen molar-refractivity contribution < 1.29 is 17.8 Å². The molecule has 6 rings (SSSR count). The lowest BCUT2D eigenvalue weighted by atomic mass is 10.2. The standard InChI is InChI=1S/C23H22F2N8O3S2/c1-38(35)17-12-15(13(24)11-14(17)25)31-7-4-30(5-8-31)6-9-32-20-18(37-23(32)34)21-27-19(16-3-2-10-36-16)29-33(21)22(26)28-20/h2-3,10-12H,4-9H2,1H3,(H2,26,28). The summed E-state index contributed by atoms with van der Waals surface area (Å²) >= 11 is -0.532. The van der Waals surface area contributed by atoms with Crippen LogP contribution in [0.4, 0.5) is 20.4 Å². The Hall–Kier alpha value is -3.53. The molecule has 1 aliphatic heterocycles. The van der Waals surface area contributed by atoms with E-state index in [0.29, 0.717) is 66.8 Å². The van der Waals surface area contributed by atoms with Gasteiger partial charge in [-0.25, -0.2) is 13.8 Å². The van der Waals surface area contributed by atoms with Gasteiger partial charge in [0, 0.05) is 51.4 Å². The van der Waals surface area contributed by atoms with Gasteiger partial charge in [0.25, 0.3) is 0 Å². The number of fused-ring (bicyclic) bond motifs is 3. The Balaban J connectivity index is 1.19. The summed E-state index contributed by atoms with van der Waals surface area (Å²) in [5.74, 6) is -0.566. The molecule has 0 aliphatic carbocycles. The molecule has 5 heterocycles. The summed E-state index contributed by atoms with van der Waals surface area (Å²) in [5, 5.41) is 4.36. The molecule has 2 N–H and O–H groups in total.